The van der Waals surface area contributed by atoms with Crippen LogP contribution in [0.2, 0.25) is 0 Å². The smallest absolute Gasteiger partial charge is 0.257 e. The molecule has 4 nitrogen and oxygen atoms in total. The second-order valence-corrected chi connectivity index (χ2v) is 4.30. The Labute approximate surface area is 95.6 Å². The van der Waals surface area contributed by atoms with E-state index < -0.39 is 0 Å². The Kier molecular flexibility index (Phi) is 3.29. The zero-order chi connectivity index (χ0) is 11.5. The van der Waals surface area contributed by atoms with Gasteiger partial charge in [0.25, 0.3) is 5.91 Å². The molecule has 1 aromatic heterocycles. The molecule has 1 N–H and O–H groups in total. The number of hydrogen-bond acceptors (Lipinski definition) is 3. The largest absolute Gasteiger partial charge is 0.469 e. The Balaban J connectivity index is 2.09. The van der Waals surface area contributed by atoms with E-state index >= 15 is 0 Å². The van der Waals surface area contributed by atoms with E-state index in [-0.39, 0.29) is 5.91 Å². The highest BCUT2D eigenvalue weighted by Gasteiger charge is 2.29. The number of rotatable bonds is 3. The van der Waals surface area contributed by atoms with Gasteiger partial charge in [0, 0.05) is 19.1 Å². The first kappa shape index (κ1) is 11.2. The van der Waals surface area contributed by atoms with Crippen LogP contribution >= 0.6 is 0 Å². The summed E-state index contributed by atoms with van der Waals surface area (Å²) in [5.74, 6) is 0.877. The Hall–Kier alpha value is -1.29. The number of nitrogens with zero attached hydrogens (tertiary/aromatic N) is 1. The molecule has 4 heteroatoms. The third-order valence-corrected chi connectivity index (χ3v) is 3.06. The van der Waals surface area contributed by atoms with Gasteiger partial charge in [-0.1, -0.05) is 0 Å². The number of nitrogens with one attached hydrogen (secondary N) is 1. The van der Waals surface area contributed by atoms with Crippen molar-refractivity contribution >= 4 is 5.91 Å². The summed E-state index contributed by atoms with van der Waals surface area (Å²) < 4.78 is 5.18. The second kappa shape index (κ2) is 4.70. The van der Waals surface area contributed by atoms with Crippen molar-refractivity contribution < 1.29 is 9.21 Å². The number of likely N-dealkylation sites (tertiary alicyclic amines) is 1. The van der Waals surface area contributed by atoms with E-state index in [2.05, 4.69) is 5.32 Å². The summed E-state index contributed by atoms with van der Waals surface area (Å²) in [6, 6.07) is 2.13. The zero-order valence-electron chi connectivity index (χ0n) is 9.82. The van der Waals surface area contributed by atoms with Gasteiger partial charge in [0.15, 0.2) is 0 Å². The minimum atomic E-state index is 0.0922. The number of carbonyl (C=O) groups excluding carboxylic acids is 1. The SMILES string of the molecule is CNCC1CCCN1C(=O)c1coc(C)c1. The van der Waals surface area contributed by atoms with E-state index in [0.717, 1.165) is 31.7 Å². The molecule has 0 radical (unpaired) electrons. The number of furan rings is 1. The van der Waals surface area contributed by atoms with Gasteiger partial charge in [0.2, 0.25) is 0 Å². The molecule has 2 rings (SSSR count). The predicted octanol–water partition coefficient (Wildman–Crippen LogP) is 1.41. The lowest BCUT2D eigenvalue weighted by molar-refractivity contribution is 0.0736. The highest BCUT2D eigenvalue weighted by Crippen LogP contribution is 2.20. The van der Waals surface area contributed by atoms with Crippen molar-refractivity contribution in [3.05, 3.63) is 23.7 Å². The summed E-state index contributed by atoms with van der Waals surface area (Å²) >= 11 is 0. The molecule has 0 aromatic carbocycles. The Morgan fingerprint density at radius 2 is 2.50 bits per heavy atom. The van der Waals surface area contributed by atoms with Crippen molar-refractivity contribution in [2.45, 2.75) is 25.8 Å². The molecule has 1 aromatic rings. The van der Waals surface area contributed by atoms with Crippen molar-refractivity contribution in [1.29, 1.82) is 0 Å². The van der Waals surface area contributed by atoms with Gasteiger partial charge in [0.1, 0.15) is 12.0 Å². The topological polar surface area (TPSA) is 45.5 Å². The van der Waals surface area contributed by atoms with Crippen LogP contribution in [0.4, 0.5) is 0 Å². The Morgan fingerprint density at radius 3 is 3.12 bits per heavy atom. The first-order valence-electron chi connectivity index (χ1n) is 5.73. The fourth-order valence-corrected chi connectivity index (χ4v) is 2.27. The maximum atomic E-state index is 12.2. The minimum Gasteiger partial charge on any atom is -0.469 e. The number of likely N-dealkylation sites (N-methyl/N-ethyl adjacent to an activating group) is 1. The molecule has 1 atom stereocenters. The quantitative estimate of drug-likeness (QED) is 0.841. The molecular formula is C12H18N2O2. The molecule has 1 amide bonds. The van der Waals surface area contributed by atoms with Crippen molar-refractivity contribution in [2.75, 3.05) is 20.1 Å². The molecule has 2 heterocycles. The van der Waals surface area contributed by atoms with Crippen LogP contribution in [0, 0.1) is 6.92 Å². The summed E-state index contributed by atoms with van der Waals surface area (Å²) in [4.78, 5) is 14.1. The van der Waals surface area contributed by atoms with Gasteiger partial charge in [-0.05, 0) is 32.9 Å². The van der Waals surface area contributed by atoms with Crippen LogP contribution in [0.25, 0.3) is 0 Å². The fraction of sp³-hybridized carbons (Fsp3) is 0.583. The Bertz CT molecular complexity index is 373. The fourth-order valence-electron chi connectivity index (χ4n) is 2.27. The van der Waals surface area contributed by atoms with Crippen molar-refractivity contribution in [1.82, 2.24) is 10.2 Å². The summed E-state index contributed by atoms with van der Waals surface area (Å²) in [7, 11) is 1.92. The van der Waals surface area contributed by atoms with Gasteiger partial charge >= 0.3 is 0 Å². The molecular weight excluding hydrogens is 204 g/mol. The van der Waals surface area contributed by atoms with Gasteiger partial charge in [-0.2, -0.15) is 0 Å². The number of aryl methyl sites for hydroxylation is 1. The van der Waals surface area contributed by atoms with Gasteiger partial charge in [-0.25, -0.2) is 0 Å². The molecule has 0 bridgehead atoms. The molecule has 1 aliphatic rings. The molecule has 88 valence electrons. The second-order valence-electron chi connectivity index (χ2n) is 4.30. The van der Waals surface area contributed by atoms with Crippen LogP contribution in [0.15, 0.2) is 16.7 Å². The molecule has 0 saturated carbocycles. The summed E-state index contributed by atoms with van der Waals surface area (Å²) in [5, 5.41) is 3.13. The normalized spacial score (nSPS) is 20.4. The average Bonchev–Trinajstić information content (AvgIpc) is 2.87. The average molecular weight is 222 g/mol. The van der Waals surface area contributed by atoms with Crippen LogP contribution in [0.1, 0.15) is 29.0 Å². The first-order valence-corrected chi connectivity index (χ1v) is 5.73. The van der Waals surface area contributed by atoms with Crippen LogP contribution in [-0.2, 0) is 0 Å². The maximum absolute atomic E-state index is 12.2. The lowest BCUT2D eigenvalue weighted by Gasteiger charge is -2.23. The van der Waals surface area contributed by atoms with Crippen LogP contribution in [0.3, 0.4) is 0 Å². The van der Waals surface area contributed by atoms with Crippen LogP contribution in [-0.4, -0.2) is 37.0 Å². The number of amides is 1. The standard InChI is InChI=1S/C12H18N2O2/c1-9-6-10(8-16-9)12(15)14-5-3-4-11(14)7-13-2/h6,8,11,13H,3-5,7H2,1-2H3. The molecule has 0 aliphatic carbocycles. The summed E-state index contributed by atoms with van der Waals surface area (Å²) in [6.45, 7) is 3.57. The van der Waals surface area contributed by atoms with E-state index in [0.29, 0.717) is 11.6 Å². The number of carbonyl (C=O) groups is 1. The molecule has 1 saturated heterocycles. The Morgan fingerprint density at radius 1 is 1.69 bits per heavy atom. The highest BCUT2D eigenvalue weighted by atomic mass is 16.3. The van der Waals surface area contributed by atoms with Gasteiger partial charge < -0.3 is 14.6 Å². The summed E-state index contributed by atoms with van der Waals surface area (Å²) in [6.07, 6.45) is 3.73. The molecule has 16 heavy (non-hydrogen) atoms. The van der Waals surface area contributed by atoms with Crippen LogP contribution < -0.4 is 5.32 Å². The third kappa shape index (κ3) is 2.11. The lowest BCUT2D eigenvalue weighted by atomic mass is 10.2. The van der Waals surface area contributed by atoms with E-state index in [9.17, 15) is 4.79 Å². The van der Waals surface area contributed by atoms with Gasteiger partial charge in [-0.15, -0.1) is 0 Å². The van der Waals surface area contributed by atoms with Gasteiger partial charge in [0.05, 0.1) is 5.56 Å². The summed E-state index contributed by atoms with van der Waals surface area (Å²) in [5.41, 5.74) is 0.667. The van der Waals surface area contributed by atoms with Crippen molar-refractivity contribution in [2.24, 2.45) is 0 Å². The van der Waals surface area contributed by atoms with E-state index in [1.165, 1.54) is 0 Å². The first-order chi connectivity index (χ1) is 7.72. The highest BCUT2D eigenvalue weighted by molar-refractivity contribution is 5.94. The van der Waals surface area contributed by atoms with Crippen molar-refractivity contribution in [3.8, 4) is 0 Å². The van der Waals surface area contributed by atoms with Crippen LogP contribution in [0.5, 0.6) is 0 Å². The molecule has 1 aliphatic heterocycles. The molecule has 1 fully saturated rings. The number of hydrogen-bond donors (Lipinski definition) is 1. The minimum absolute atomic E-state index is 0.0922. The van der Waals surface area contributed by atoms with E-state index in [1.807, 2.05) is 18.9 Å². The van der Waals surface area contributed by atoms with Crippen molar-refractivity contribution in [3.63, 3.8) is 0 Å². The zero-order valence-corrected chi connectivity index (χ0v) is 9.82. The molecule has 0 spiro atoms. The van der Waals surface area contributed by atoms with E-state index in [1.54, 1.807) is 12.3 Å². The predicted molar refractivity (Wildman–Crippen MR) is 61.4 cm³/mol. The molecule has 1 unspecified atom stereocenters. The van der Waals surface area contributed by atoms with E-state index in [4.69, 9.17) is 4.42 Å². The van der Waals surface area contributed by atoms with Gasteiger partial charge in [-0.3, -0.25) is 4.79 Å². The maximum Gasteiger partial charge on any atom is 0.257 e. The third-order valence-electron chi connectivity index (χ3n) is 3.06. The monoisotopic (exact) mass is 222 g/mol. The lowest BCUT2D eigenvalue weighted by Crippen LogP contribution is -2.40.